The number of hydrogen-bond acceptors (Lipinski definition) is 6. The Morgan fingerprint density at radius 2 is 1.90 bits per heavy atom. The molecule has 1 amide bonds. The third kappa shape index (κ3) is 5.63. The molecular formula is C23H25N3O3S. The maximum Gasteiger partial charge on any atom is 0.277 e. The SMILES string of the molecule is Cc1cccc(Oc2ccc(NC(=O)CSc3nnc(C4CCCCC4)o3)cc2)c1. The van der Waals surface area contributed by atoms with Crippen molar-refractivity contribution in [2.45, 2.75) is 50.2 Å². The fraction of sp³-hybridized carbons (Fsp3) is 0.348. The van der Waals surface area contributed by atoms with Gasteiger partial charge in [-0.25, -0.2) is 0 Å². The van der Waals surface area contributed by atoms with Crippen LogP contribution in [0.2, 0.25) is 0 Å². The molecule has 0 atom stereocenters. The number of amides is 1. The standard InChI is InChI=1S/C23H25N3O3S/c1-16-6-5-9-20(14-16)28-19-12-10-18(11-13-19)24-21(27)15-30-23-26-25-22(29-23)17-7-3-2-4-8-17/h5-6,9-14,17H,2-4,7-8,15H2,1H3,(H,24,27). The molecule has 0 aliphatic heterocycles. The highest BCUT2D eigenvalue weighted by atomic mass is 32.2. The van der Waals surface area contributed by atoms with E-state index >= 15 is 0 Å². The zero-order valence-corrected chi connectivity index (χ0v) is 17.8. The van der Waals surface area contributed by atoms with E-state index in [4.69, 9.17) is 9.15 Å². The second kappa shape index (κ2) is 9.80. The monoisotopic (exact) mass is 423 g/mol. The largest absolute Gasteiger partial charge is 0.457 e. The van der Waals surface area contributed by atoms with E-state index in [1.165, 1.54) is 31.0 Å². The molecule has 1 saturated carbocycles. The second-order valence-corrected chi connectivity index (χ2v) is 8.45. The van der Waals surface area contributed by atoms with E-state index in [2.05, 4.69) is 15.5 Å². The quantitative estimate of drug-likeness (QED) is 0.473. The first-order valence-electron chi connectivity index (χ1n) is 10.3. The number of thioether (sulfide) groups is 1. The Balaban J connectivity index is 1.25. The first-order valence-corrected chi connectivity index (χ1v) is 11.2. The molecule has 2 aromatic carbocycles. The van der Waals surface area contributed by atoms with Gasteiger partial charge in [0.1, 0.15) is 11.5 Å². The molecule has 1 aliphatic rings. The number of hydrogen-bond donors (Lipinski definition) is 1. The predicted octanol–water partition coefficient (Wildman–Crippen LogP) is 5.95. The third-order valence-corrected chi connectivity index (χ3v) is 5.89. The van der Waals surface area contributed by atoms with Crippen LogP contribution in [0.15, 0.2) is 58.2 Å². The highest BCUT2D eigenvalue weighted by Gasteiger charge is 2.21. The number of ether oxygens (including phenoxy) is 1. The number of rotatable bonds is 7. The zero-order chi connectivity index (χ0) is 20.8. The Hall–Kier alpha value is -2.80. The number of nitrogens with zero attached hydrogens (tertiary/aromatic N) is 2. The van der Waals surface area contributed by atoms with Crippen molar-refractivity contribution in [3.8, 4) is 11.5 Å². The van der Waals surface area contributed by atoms with E-state index in [0.717, 1.165) is 24.2 Å². The molecule has 7 heteroatoms. The summed E-state index contributed by atoms with van der Waals surface area (Å²) < 4.78 is 11.6. The van der Waals surface area contributed by atoms with Crippen LogP contribution in [0.3, 0.4) is 0 Å². The first-order chi connectivity index (χ1) is 14.7. The van der Waals surface area contributed by atoms with Gasteiger partial charge in [-0.15, -0.1) is 10.2 Å². The third-order valence-electron chi connectivity index (χ3n) is 5.07. The Labute approximate surface area is 180 Å². The molecule has 3 aromatic rings. The highest BCUT2D eigenvalue weighted by molar-refractivity contribution is 7.99. The van der Waals surface area contributed by atoms with Gasteiger partial charge in [-0.1, -0.05) is 43.2 Å². The summed E-state index contributed by atoms with van der Waals surface area (Å²) in [5.41, 5.74) is 1.85. The van der Waals surface area contributed by atoms with Gasteiger partial charge in [-0.3, -0.25) is 4.79 Å². The van der Waals surface area contributed by atoms with E-state index in [1.54, 1.807) is 0 Å². The topological polar surface area (TPSA) is 77.2 Å². The fourth-order valence-electron chi connectivity index (χ4n) is 3.54. The minimum absolute atomic E-state index is 0.121. The van der Waals surface area contributed by atoms with Crippen molar-refractivity contribution in [2.24, 2.45) is 0 Å². The molecule has 0 bridgehead atoms. The van der Waals surface area contributed by atoms with Gasteiger partial charge in [0.2, 0.25) is 11.8 Å². The summed E-state index contributed by atoms with van der Waals surface area (Å²) >= 11 is 1.26. The van der Waals surface area contributed by atoms with Crippen LogP contribution < -0.4 is 10.1 Å². The average Bonchev–Trinajstić information content (AvgIpc) is 3.24. The van der Waals surface area contributed by atoms with Gasteiger partial charge in [0, 0.05) is 11.6 Å². The van der Waals surface area contributed by atoms with Gasteiger partial charge in [0.15, 0.2) is 0 Å². The van der Waals surface area contributed by atoms with Gasteiger partial charge in [-0.2, -0.15) is 0 Å². The number of nitrogens with one attached hydrogen (secondary N) is 1. The number of anilines is 1. The molecule has 156 valence electrons. The summed E-state index contributed by atoms with van der Waals surface area (Å²) in [6.07, 6.45) is 5.93. The number of benzene rings is 2. The lowest BCUT2D eigenvalue weighted by Gasteiger charge is -2.17. The normalized spacial score (nSPS) is 14.4. The minimum Gasteiger partial charge on any atom is -0.457 e. The Bertz CT molecular complexity index is 981. The molecule has 1 fully saturated rings. The summed E-state index contributed by atoms with van der Waals surface area (Å²) in [6.45, 7) is 2.02. The summed E-state index contributed by atoms with van der Waals surface area (Å²) in [5.74, 6) is 2.68. The van der Waals surface area contributed by atoms with Gasteiger partial charge in [-0.05, 0) is 61.7 Å². The van der Waals surface area contributed by atoms with Crippen molar-refractivity contribution in [3.05, 3.63) is 60.0 Å². The molecule has 30 heavy (non-hydrogen) atoms. The van der Waals surface area contributed by atoms with Crippen LogP contribution in [0, 0.1) is 6.92 Å². The Kier molecular flexibility index (Phi) is 6.69. The molecule has 0 spiro atoms. The number of aryl methyl sites for hydroxylation is 1. The average molecular weight is 424 g/mol. The molecule has 1 heterocycles. The molecule has 0 radical (unpaired) electrons. The lowest BCUT2D eigenvalue weighted by molar-refractivity contribution is -0.113. The first kappa shape index (κ1) is 20.5. The van der Waals surface area contributed by atoms with Crippen LogP contribution in [0.25, 0.3) is 0 Å². The summed E-state index contributed by atoms with van der Waals surface area (Å²) in [6, 6.07) is 15.2. The van der Waals surface area contributed by atoms with E-state index in [1.807, 2.05) is 55.5 Å². The van der Waals surface area contributed by atoms with E-state index in [0.29, 0.717) is 28.5 Å². The number of carbonyl (C=O) groups excluding carboxylic acids is 1. The van der Waals surface area contributed by atoms with Crippen LogP contribution >= 0.6 is 11.8 Å². The molecule has 0 unspecified atom stereocenters. The van der Waals surface area contributed by atoms with Gasteiger partial charge < -0.3 is 14.5 Å². The summed E-state index contributed by atoms with van der Waals surface area (Å²) in [5, 5.41) is 11.6. The number of aromatic nitrogens is 2. The maximum atomic E-state index is 12.3. The van der Waals surface area contributed by atoms with Crippen LogP contribution in [-0.2, 0) is 4.79 Å². The van der Waals surface area contributed by atoms with Crippen molar-refractivity contribution in [1.82, 2.24) is 10.2 Å². The molecular weight excluding hydrogens is 398 g/mol. The van der Waals surface area contributed by atoms with E-state index in [-0.39, 0.29) is 11.7 Å². The second-order valence-electron chi connectivity index (χ2n) is 7.52. The van der Waals surface area contributed by atoms with Gasteiger partial charge >= 0.3 is 0 Å². The van der Waals surface area contributed by atoms with Crippen molar-refractivity contribution in [2.75, 3.05) is 11.1 Å². The van der Waals surface area contributed by atoms with Crippen molar-refractivity contribution < 1.29 is 13.9 Å². The van der Waals surface area contributed by atoms with Crippen molar-refractivity contribution in [1.29, 1.82) is 0 Å². The Morgan fingerprint density at radius 3 is 2.67 bits per heavy atom. The van der Waals surface area contributed by atoms with Crippen LogP contribution in [-0.4, -0.2) is 21.9 Å². The smallest absolute Gasteiger partial charge is 0.277 e. The van der Waals surface area contributed by atoms with Crippen LogP contribution in [0.1, 0.15) is 49.5 Å². The summed E-state index contributed by atoms with van der Waals surface area (Å²) in [7, 11) is 0. The molecule has 4 rings (SSSR count). The number of carbonyl (C=O) groups is 1. The predicted molar refractivity (Wildman–Crippen MR) is 117 cm³/mol. The zero-order valence-electron chi connectivity index (χ0n) is 17.0. The summed E-state index contributed by atoms with van der Waals surface area (Å²) in [4.78, 5) is 12.3. The van der Waals surface area contributed by atoms with Crippen LogP contribution in [0.4, 0.5) is 5.69 Å². The van der Waals surface area contributed by atoms with Gasteiger partial charge in [0.25, 0.3) is 5.22 Å². The fourth-order valence-corrected chi connectivity index (χ4v) is 4.11. The Morgan fingerprint density at radius 1 is 1.10 bits per heavy atom. The minimum atomic E-state index is -0.121. The van der Waals surface area contributed by atoms with E-state index < -0.39 is 0 Å². The van der Waals surface area contributed by atoms with Crippen LogP contribution in [0.5, 0.6) is 11.5 Å². The lowest BCUT2D eigenvalue weighted by atomic mass is 9.89. The molecule has 6 nitrogen and oxygen atoms in total. The van der Waals surface area contributed by atoms with Crippen molar-refractivity contribution in [3.63, 3.8) is 0 Å². The molecule has 1 N–H and O–H groups in total. The van der Waals surface area contributed by atoms with E-state index in [9.17, 15) is 4.79 Å². The molecule has 1 aliphatic carbocycles. The highest BCUT2D eigenvalue weighted by Crippen LogP contribution is 2.33. The maximum absolute atomic E-state index is 12.3. The molecule has 0 saturated heterocycles. The lowest BCUT2D eigenvalue weighted by Crippen LogP contribution is -2.13. The van der Waals surface area contributed by atoms with Crippen molar-refractivity contribution >= 4 is 23.4 Å². The molecule has 1 aromatic heterocycles. The van der Waals surface area contributed by atoms with Gasteiger partial charge in [0.05, 0.1) is 5.75 Å².